The summed E-state index contributed by atoms with van der Waals surface area (Å²) in [6.45, 7) is 4.64. The van der Waals surface area contributed by atoms with Crippen molar-refractivity contribution in [3.63, 3.8) is 0 Å². The van der Waals surface area contributed by atoms with Crippen LogP contribution in [0.1, 0.15) is 33.9 Å². The normalized spacial score (nSPS) is 17.8. The second-order valence-corrected chi connectivity index (χ2v) is 6.48. The number of ether oxygens (including phenoxy) is 3. The van der Waals surface area contributed by atoms with Gasteiger partial charge in [-0.2, -0.15) is 0 Å². The maximum absolute atomic E-state index is 12.7. The van der Waals surface area contributed by atoms with Crippen LogP contribution in [-0.2, 0) is 11.3 Å². The van der Waals surface area contributed by atoms with Crippen molar-refractivity contribution < 1.29 is 23.4 Å². The minimum Gasteiger partial charge on any atom is -0.478 e. The highest BCUT2D eigenvalue weighted by molar-refractivity contribution is 6.14. The van der Waals surface area contributed by atoms with Crippen molar-refractivity contribution in [2.75, 3.05) is 27.0 Å². The predicted octanol–water partition coefficient (Wildman–Crippen LogP) is 3.39. The van der Waals surface area contributed by atoms with Crippen molar-refractivity contribution >= 4 is 11.9 Å². The van der Waals surface area contributed by atoms with Crippen molar-refractivity contribution in [3.05, 3.63) is 52.7 Å². The maximum atomic E-state index is 12.7. The fourth-order valence-electron chi connectivity index (χ4n) is 3.24. The molecule has 2 aliphatic rings. The summed E-state index contributed by atoms with van der Waals surface area (Å²) in [5.74, 6) is 2.91. The number of benzene rings is 1. The zero-order valence-corrected chi connectivity index (χ0v) is 14.9. The average Bonchev–Trinajstić information content (AvgIpc) is 3.19. The number of nitrogens with zero attached hydrogens (tertiary/aromatic N) is 1. The summed E-state index contributed by atoms with van der Waals surface area (Å²) in [7, 11) is 1.70. The lowest BCUT2D eigenvalue weighted by molar-refractivity contribution is 0.0823. The first-order chi connectivity index (χ1) is 12.7. The fraction of sp³-hybridized carbons (Fsp3) is 0.350. The molecule has 3 heterocycles. The molecule has 0 N–H and O–H groups in total. The Kier molecular flexibility index (Phi) is 4.53. The number of furan rings is 1. The summed E-state index contributed by atoms with van der Waals surface area (Å²) in [5, 5.41) is 0. The molecule has 0 unspecified atom stereocenters. The molecular weight excluding hydrogens is 334 g/mol. The Balaban J connectivity index is 1.59. The molecular formula is C20H21NO5. The van der Waals surface area contributed by atoms with Gasteiger partial charge in [0.15, 0.2) is 5.76 Å². The molecule has 0 fully saturated rings. The van der Waals surface area contributed by atoms with Gasteiger partial charge in [0.1, 0.15) is 29.8 Å². The quantitative estimate of drug-likeness (QED) is 0.605. The summed E-state index contributed by atoms with van der Waals surface area (Å²) in [4.78, 5) is 14.9. The van der Waals surface area contributed by atoms with E-state index in [0.29, 0.717) is 37.0 Å². The third kappa shape index (κ3) is 3.13. The molecule has 0 saturated carbocycles. The Hall–Kier alpha value is -2.57. The van der Waals surface area contributed by atoms with Crippen LogP contribution in [0, 0.1) is 6.92 Å². The molecule has 6 heteroatoms. The highest BCUT2D eigenvalue weighted by atomic mass is 16.5. The van der Waals surface area contributed by atoms with Crippen LogP contribution in [-0.4, -0.2) is 37.7 Å². The number of hydrogen-bond donors (Lipinski definition) is 0. The predicted molar refractivity (Wildman–Crippen MR) is 95.2 cm³/mol. The first kappa shape index (κ1) is 16.9. The van der Waals surface area contributed by atoms with Gasteiger partial charge in [0, 0.05) is 32.9 Å². The standard InChI is InChI=1S/C20H21NO5/c1-13-4-5-14(25-13)10-18-19(22)15-6-7-17-16(20(15)26-18)11-21(12-24-17)8-3-9-23-2/h4-7,10H,3,8-9,11-12H2,1-2H3/b18-10-. The summed E-state index contributed by atoms with van der Waals surface area (Å²) in [6, 6.07) is 7.29. The second-order valence-electron chi connectivity index (χ2n) is 6.48. The van der Waals surface area contributed by atoms with Gasteiger partial charge in [-0.15, -0.1) is 0 Å². The van der Waals surface area contributed by atoms with Crippen LogP contribution in [0.25, 0.3) is 6.08 Å². The van der Waals surface area contributed by atoms with Crippen molar-refractivity contribution in [3.8, 4) is 11.5 Å². The van der Waals surface area contributed by atoms with E-state index in [1.54, 1.807) is 19.3 Å². The van der Waals surface area contributed by atoms with E-state index in [1.165, 1.54) is 0 Å². The Labute approximate surface area is 151 Å². The lowest BCUT2D eigenvalue weighted by Crippen LogP contribution is -2.33. The topological polar surface area (TPSA) is 61.1 Å². The summed E-state index contributed by atoms with van der Waals surface area (Å²) < 4.78 is 22.4. The molecule has 0 spiro atoms. The summed E-state index contributed by atoms with van der Waals surface area (Å²) in [5.41, 5.74) is 1.49. The van der Waals surface area contributed by atoms with Gasteiger partial charge in [-0.3, -0.25) is 9.69 Å². The molecule has 2 aliphatic heterocycles. The lowest BCUT2D eigenvalue weighted by Gasteiger charge is -2.29. The van der Waals surface area contributed by atoms with E-state index in [4.69, 9.17) is 18.6 Å². The van der Waals surface area contributed by atoms with Crippen LogP contribution in [0.3, 0.4) is 0 Å². The van der Waals surface area contributed by atoms with Crippen LogP contribution >= 0.6 is 0 Å². The molecule has 0 atom stereocenters. The molecule has 136 valence electrons. The second kappa shape index (κ2) is 6.97. The molecule has 1 aromatic heterocycles. The van der Waals surface area contributed by atoms with Gasteiger partial charge in [0.2, 0.25) is 5.78 Å². The third-order valence-electron chi connectivity index (χ3n) is 4.54. The molecule has 0 radical (unpaired) electrons. The number of Topliss-reactive ketones (excluding diaryl/α,β-unsaturated/α-hetero) is 1. The number of fused-ring (bicyclic) bond motifs is 3. The van der Waals surface area contributed by atoms with Gasteiger partial charge in [-0.1, -0.05) is 0 Å². The smallest absolute Gasteiger partial charge is 0.232 e. The molecule has 2 aromatic rings. The summed E-state index contributed by atoms with van der Waals surface area (Å²) >= 11 is 0. The lowest BCUT2D eigenvalue weighted by atomic mass is 10.0. The van der Waals surface area contributed by atoms with Gasteiger partial charge in [-0.05, 0) is 37.6 Å². The van der Waals surface area contributed by atoms with E-state index < -0.39 is 0 Å². The van der Waals surface area contributed by atoms with E-state index in [1.807, 2.05) is 25.1 Å². The SMILES string of the molecule is COCCCN1COc2ccc3c(c2C1)O/C(=C\c1ccc(C)o1)C3=O. The molecule has 0 bridgehead atoms. The number of rotatable bonds is 5. The highest BCUT2D eigenvalue weighted by Gasteiger charge is 2.33. The van der Waals surface area contributed by atoms with Crippen LogP contribution in [0.15, 0.2) is 34.4 Å². The molecule has 4 rings (SSSR count). The molecule has 0 saturated heterocycles. The van der Waals surface area contributed by atoms with Gasteiger partial charge >= 0.3 is 0 Å². The first-order valence-corrected chi connectivity index (χ1v) is 8.66. The van der Waals surface area contributed by atoms with E-state index in [0.717, 1.165) is 30.0 Å². The Bertz CT molecular complexity index is 867. The fourth-order valence-corrected chi connectivity index (χ4v) is 3.24. The van der Waals surface area contributed by atoms with Crippen LogP contribution in [0.5, 0.6) is 11.5 Å². The van der Waals surface area contributed by atoms with E-state index in [-0.39, 0.29) is 11.5 Å². The number of allylic oxidation sites excluding steroid dienone is 1. The molecule has 1 aromatic carbocycles. The number of carbonyl (C=O) groups excluding carboxylic acids is 1. The van der Waals surface area contributed by atoms with Crippen molar-refractivity contribution in [1.82, 2.24) is 4.90 Å². The van der Waals surface area contributed by atoms with E-state index in [9.17, 15) is 4.79 Å². The van der Waals surface area contributed by atoms with Gasteiger partial charge in [-0.25, -0.2) is 0 Å². The van der Waals surface area contributed by atoms with Crippen LogP contribution < -0.4 is 9.47 Å². The van der Waals surface area contributed by atoms with E-state index >= 15 is 0 Å². The minimum absolute atomic E-state index is 0.131. The largest absolute Gasteiger partial charge is 0.478 e. The maximum Gasteiger partial charge on any atom is 0.232 e. The molecule has 6 nitrogen and oxygen atoms in total. The molecule has 0 amide bonds. The first-order valence-electron chi connectivity index (χ1n) is 8.66. The van der Waals surface area contributed by atoms with Crippen LogP contribution in [0.4, 0.5) is 0 Å². The third-order valence-corrected chi connectivity index (χ3v) is 4.54. The van der Waals surface area contributed by atoms with Crippen LogP contribution in [0.2, 0.25) is 0 Å². The number of ketones is 1. The average molecular weight is 355 g/mol. The number of methoxy groups -OCH3 is 1. The number of carbonyl (C=O) groups is 1. The number of hydrogen-bond acceptors (Lipinski definition) is 6. The van der Waals surface area contributed by atoms with Gasteiger partial charge in [0.05, 0.1) is 11.1 Å². The van der Waals surface area contributed by atoms with Crippen molar-refractivity contribution in [2.24, 2.45) is 0 Å². The monoisotopic (exact) mass is 355 g/mol. The van der Waals surface area contributed by atoms with E-state index in [2.05, 4.69) is 4.90 Å². The molecule has 26 heavy (non-hydrogen) atoms. The van der Waals surface area contributed by atoms with Crippen molar-refractivity contribution in [2.45, 2.75) is 19.9 Å². The Morgan fingerprint density at radius 1 is 1.27 bits per heavy atom. The zero-order valence-electron chi connectivity index (χ0n) is 14.9. The molecule has 0 aliphatic carbocycles. The number of aryl methyl sites for hydroxylation is 1. The Morgan fingerprint density at radius 3 is 2.92 bits per heavy atom. The van der Waals surface area contributed by atoms with Gasteiger partial charge < -0.3 is 18.6 Å². The summed E-state index contributed by atoms with van der Waals surface area (Å²) in [6.07, 6.45) is 2.56. The van der Waals surface area contributed by atoms with Gasteiger partial charge in [0.25, 0.3) is 0 Å². The Morgan fingerprint density at radius 2 is 2.15 bits per heavy atom. The highest BCUT2D eigenvalue weighted by Crippen LogP contribution is 2.42. The zero-order chi connectivity index (χ0) is 18.1. The van der Waals surface area contributed by atoms with Crippen molar-refractivity contribution in [1.29, 1.82) is 0 Å². The minimum atomic E-state index is -0.131.